The van der Waals surface area contributed by atoms with Gasteiger partial charge in [0.05, 0.1) is 10.7 Å². The number of nitrogens with zero attached hydrogens (tertiary/aromatic N) is 1. The van der Waals surface area contributed by atoms with Crippen LogP contribution in [0.5, 0.6) is 0 Å². The van der Waals surface area contributed by atoms with Crippen molar-refractivity contribution in [1.82, 2.24) is 0 Å². The van der Waals surface area contributed by atoms with E-state index in [4.69, 9.17) is 0 Å². The lowest BCUT2D eigenvalue weighted by Gasteiger charge is -2.02. The van der Waals surface area contributed by atoms with Crippen LogP contribution in [-0.4, -0.2) is 16.5 Å². The van der Waals surface area contributed by atoms with Crippen molar-refractivity contribution in [3.63, 3.8) is 0 Å². The van der Waals surface area contributed by atoms with Gasteiger partial charge in [0.2, 0.25) is 0 Å². The molecule has 0 spiro atoms. The maximum atomic E-state index is 12.0. The molecule has 0 amide bonds. The third kappa shape index (κ3) is 3.91. The second-order valence-electron chi connectivity index (χ2n) is 3.97. The van der Waals surface area contributed by atoms with Crippen molar-refractivity contribution in [2.45, 2.75) is 4.90 Å². The SMILES string of the molecule is O=C(CSc1ccc([N+](=O)[O-])cc1)c1cccc(Br)c1. The molecule has 0 saturated carbocycles. The van der Waals surface area contributed by atoms with Gasteiger partial charge < -0.3 is 0 Å². The van der Waals surface area contributed by atoms with Crippen LogP contribution < -0.4 is 0 Å². The predicted molar refractivity (Wildman–Crippen MR) is 82.3 cm³/mol. The first-order valence-corrected chi connectivity index (χ1v) is 7.50. The highest BCUT2D eigenvalue weighted by Crippen LogP contribution is 2.22. The Morgan fingerprint density at radius 3 is 2.50 bits per heavy atom. The number of nitro benzene ring substituents is 1. The van der Waals surface area contributed by atoms with Crippen molar-refractivity contribution in [1.29, 1.82) is 0 Å². The Labute approximate surface area is 128 Å². The summed E-state index contributed by atoms with van der Waals surface area (Å²) in [6, 6.07) is 13.4. The lowest BCUT2D eigenvalue weighted by molar-refractivity contribution is -0.384. The number of carbonyl (C=O) groups is 1. The number of rotatable bonds is 5. The van der Waals surface area contributed by atoms with Crippen molar-refractivity contribution in [3.05, 3.63) is 68.7 Å². The molecule has 0 fully saturated rings. The number of non-ortho nitro benzene ring substituents is 1. The van der Waals surface area contributed by atoms with Crippen LogP contribution in [0, 0.1) is 10.1 Å². The third-order valence-electron chi connectivity index (χ3n) is 2.56. The summed E-state index contributed by atoms with van der Waals surface area (Å²) in [5, 5.41) is 10.5. The summed E-state index contributed by atoms with van der Waals surface area (Å²) in [5.41, 5.74) is 0.696. The Morgan fingerprint density at radius 1 is 1.20 bits per heavy atom. The van der Waals surface area contributed by atoms with E-state index in [1.807, 2.05) is 12.1 Å². The number of benzene rings is 2. The number of Topliss-reactive ketones (excluding diaryl/α,β-unsaturated/α-hetero) is 1. The highest BCUT2D eigenvalue weighted by atomic mass is 79.9. The molecule has 0 unspecified atom stereocenters. The molecule has 0 aliphatic rings. The maximum Gasteiger partial charge on any atom is 0.269 e. The summed E-state index contributed by atoms with van der Waals surface area (Å²) in [5.74, 6) is 0.323. The second kappa shape index (κ2) is 6.67. The molecule has 0 heterocycles. The van der Waals surface area contributed by atoms with E-state index in [1.165, 1.54) is 23.9 Å². The number of carbonyl (C=O) groups excluding carboxylic acids is 1. The van der Waals surface area contributed by atoms with E-state index < -0.39 is 4.92 Å². The van der Waals surface area contributed by atoms with Crippen LogP contribution in [0.25, 0.3) is 0 Å². The number of hydrogen-bond donors (Lipinski definition) is 0. The number of ketones is 1. The van der Waals surface area contributed by atoms with Crippen LogP contribution in [0.3, 0.4) is 0 Å². The molecular formula is C14H10BrNO3S. The normalized spacial score (nSPS) is 10.2. The Balaban J connectivity index is 1.98. The summed E-state index contributed by atoms with van der Waals surface area (Å²) in [7, 11) is 0. The lowest BCUT2D eigenvalue weighted by Crippen LogP contribution is -2.01. The number of thioether (sulfide) groups is 1. The molecule has 0 aliphatic carbocycles. The fourth-order valence-electron chi connectivity index (χ4n) is 1.56. The summed E-state index contributed by atoms with van der Waals surface area (Å²) in [4.78, 5) is 22.9. The van der Waals surface area contributed by atoms with Gasteiger partial charge in [-0.25, -0.2) is 0 Å². The molecule has 2 rings (SSSR count). The molecular weight excluding hydrogens is 342 g/mol. The Hall–Kier alpha value is -1.66. The Kier molecular flexibility index (Phi) is 4.92. The van der Waals surface area contributed by atoms with Crippen molar-refractivity contribution in [3.8, 4) is 0 Å². The Bertz CT molecular complexity index is 643. The van der Waals surface area contributed by atoms with Gasteiger partial charge in [-0.2, -0.15) is 0 Å². The van der Waals surface area contributed by atoms with Crippen molar-refractivity contribution in [2.24, 2.45) is 0 Å². The summed E-state index contributed by atoms with van der Waals surface area (Å²) in [6.07, 6.45) is 0. The van der Waals surface area contributed by atoms with E-state index in [9.17, 15) is 14.9 Å². The van der Waals surface area contributed by atoms with E-state index >= 15 is 0 Å². The lowest BCUT2D eigenvalue weighted by atomic mass is 10.2. The van der Waals surface area contributed by atoms with E-state index in [-0.39, 0.29) is 11.5 Å². The average molecular weight is 352 g/mol. The molecule has 6 heteroatoms. The molecule has 0 bridgehead atoms. The highest BCUT2D eigenvalue weighted by Gasteiger charge is 2.08. The molecule has 0 N–H and O–H groups in total. The molecule has 0 aromatic heterocycles. The fourth-order valence-corrected chi connectivity index (χ4v) is 2.75. The monoisotopic (exact) mass is 351 g/mol. The van der Waals surface area contributed by atoms with Gasteiger partial charge in [-0.1, -0.05) is 28.1 Å². The molecule has 102 valence electrons. The van der Waals surface area contributed by atoms with E-state index in [0.717, 1.165) is 9.37 Å². The molecule has 4 nitrogen and oxygen atoms in total. The maximum absolute atomic E-state index is 12.0. The first-order chi connectivity index (χ1) is 9.56. The molecule has 0 saturated heterocycles. The van der Waals surface area contributed by atoms with E-state index in [1.54, 1.807) is 24.3 Å². The zero-order valence-corrected chi connectivity index (χ0v) is 12.7. The zero-order chi connectivity index (χ0) is 14.5. The van der Waals surface area contributed by atoms with Gasteiger partial charge in [0.15, 0.2) is 5.78 Å². The van der Waals surface area contributed by atoms with Gasteiger partial charge in [-0.05, 0) is 24.3 Å². The molecule has 20 heavy (non-hydrogen) atoms. The number of hydrogen-bond acceptors (Lipinski definition) is 4. The van der Waals surface area contributed by atoms with Gasteiger partial charge in [0, 0.05) is 27.1 Å². The van der Waals surface area contributed by atoms with Gasteiger partial charge in [0.25, 0.3) is 5.69 Å². The fraction of sp³-hybridized carbons (Fsp3) is 0.0714. The summed E-state index contributed by atoms with van der Waals surface area (Å²) >= 11 is 4.69. The van der Waals surface area contributed by atoms with Gasteiger partial charge in [-0.3, -0.25) is 14.9 Å². The molecule has 0 radical (unpaired) electrons. The first kappa shape index (κ1) is 14.7. The largest absolute Gasteiger partial charge is 0.293 e. The van der Waals surface area contributed by atoms with Crippen LogP contribution in [0.2, 0.25) is 0 Å². The Morgan fingerprint density at radius 2 is 1.90 bits per heavy atom. The van der Waals surface area contributed by atoms with Crippen LogP contribution >= 0.6 is 27.7 Å². The van der Waals surface area contributed by atoms with Crippen LogP contribution in [0.15, 0.2) is 57.9 Å². The second-order valence-corrected chi connectivity index (χ2v) is 5.94. The summed E-state index contributed by atoms with van der Waals surface area (Å²) < 4.78 is 0.865. The molecule has 2 aromatic carbocycles. The quantitative estimate of drug-likeness (QED) is 0.348. The van der Waals surface area contributed by atoms with Crippen molar-refractivity contribution >= 4 is 39.2 Å². The smallest absolute Gasteiger partial charge is 0.269 e. The minimum absolute atomic E-state index is 0.0228. The van der Waals surface area contributed by atoms with Crippen LogP contribution in [0.1, 0.15) is 10.4 Å². The van der Waals surface area contributed by atoms with Crippen molar-refractivity contribution < 1.29 is 9.72 Å². The molecule has 2 aromatic rings. The van der Waals surface area contributed by atoms with Gasteiger partial charge in [-0.15, -0.1) is 11.8 Å². The number of halogens is 1. The predicted octanol–water partition coefficient (Wildman–Crippen LogP) is 4.33. The molecule has 0 atom stereocenters. The third-order valence-corrected chi connectivity index (χ3v) is 4.07. The highest BCUT2D eigenvalue weighted by molar-refractivity contribution is 9.10. The number of nitro groups is 1. The minimum Gasteiger partial charge on any atom is -0.293 e. The van der Waals surface area contributed by atoms with Crippen molar-refractivity contribution in [2.75, 3.05) is 5.75 Å². The minimum atomic E-state index is -0.443. The van der Waals surface area contributed by atoms with E-state index in [2.05, 4.69) is 15.9 Å². The van der Waals surface area contributed by atoms with Crippen LogP contribution in [-0.2, 0) is 0 Å². The van der Waals surface area contributed by atoms with Crippen LogP contribution in [0.4, 0.5) is 5.69 Å². The van der Waals surface area contributed by atoms with E-state index in [0.29, 0.717) is 11.3 Å². The first-order valence-electron chi connectivity index (χ1n) is 5.72. The average Bonchev–Trinajstić information content (AvgIpc) is 2.45. The summed E-state index contributed by atoms with van der Waals surface area (Å²) in [6.45, 7) is 0. The van der Waals surface area contributed by atoms with Gasteiger partial charge in [0.1, 0.15) is 0 Å². The standard InChI is InChI=1S/C14H10BrNO3S/c15-11-3-1-2-10(8-11)14(17)9-20-13-6-4-12(5-7-13)16(18)19/h1-8H,9H2. The molecule has 0 aliphatic heterocycles. The topological polar surface area (TPSA) is 60.2 Å². The van der Waals surface area contributed by atoms with Gasteiger partial charge >= 0.3 is 0 Å². The zero-order valence-electron chi connectivity index (χ0n) is 10.3.